The van der Waals surface area contributed by atoms with E-state index in [1.54, 1.807) is 13.0 Å². The molecule has 2 aromatic heterocycles. The van der Waals surface area contributed by atoms with Crippen molar-refractivity contribution in [2.45, 2.75) is 13.1 Å². The minimum Gasteiger partial charge on any atom is -0.462 e. The van der Waals surface area contributed by atoms with Crippen LogP contribution in [-0.2, 0) is 10.9 Å². The lowest BCUT2D eigenvalue weighted by Crippen LogP contribution is -2.12. The Labute approximate surface area is 172 Å². The van der Waals surface area contributed by atoms with Crippen molar-refractivity contribution in [1.29, 1.82) is 5.26 Å². The third-order valence-electron chi connectivity index (χ3n) is 4.14. The number of hydrogen-bond acceptors (Lipinski definition) is 5. The highest BCUT2D eigenvalue weighted by Gasteiger charge is 2.39. The van der Waals surface area contributed by atoms with E-state index in [9.17, 15) is 32.0 Å². The normalized spacial score (nSPS) is 11.1. The van der Waals surface area contributed by atoms with Crippen molar-refractivity contribution in [2.75, 3.05) is 6.61 Å². The van der Waals surface area contributed by atoms with E-state index in [2.05, 4.69) is 9.97 Å². The molecule has 0 unspecified atom stereocenters. The summed E-state index contributed by atoms with van der Waals surface area (Å²) < 4.78 is 72.3. The number of pyridine rings is 2. The molecule has 3 rings (SSSR count). The first-order valence-electron chi connectivity index (χ1n) is 8.77. The molecule has 0 saturated heterocycles. The molecule has 0 N–H and O–H groups in total. The summed E-state index contributed by atoms with van der Waals surface area (Å²) in [6, 6.07) is 8.11. The van der Waals surface area contributed by atoms with Crippen molar-refractivity contribution < 1.29 is 31.5 Å². The number of carbonyl (C=O) groups is 1. The van der Waals surface area contributed by atoms with Crippen LogP contribution in [0.25, 0.3) is 22.6 Å². The number of esters is 1. The van der Waals surface area contributed by atoms with E-state index in [0.29, 0.717) is 6.07 Å². The number of carbonyl (C=O) groups excluding carboxylic acids is 1. The van der Waals surface area contributed by atoms with E-state index in [4.69, 9.17) is 4.74 Å². The van der Waals surface area contributed by atoms with Gasteiger partial charge in [0, 0.05) is 11.8 Å². The Hall–Kier alpha value is -3.87. The minimum atomic E-state index is -5.27. The van der Waals surface area contributed by atoms with E-state index in [1.807, 2.05) is 0 Å². The summed E-state index contributed by atoms with van der Waals surface area (Å²) in [7, 11) is 0. The topological polar surface area (TPSA) is 75.9 Å². The quantitative estimate of drug-likeness (QED) is 0.420. The molecule has 158 valence electrons. The molecule has 0 spiro atoms. The Morgan fingerprint density at radius 2 is 1.81 bits per heavy atom. The van der Waals surface area contributed by atoms with Crippen LogP contribution in [0.5, 0.6) is 0 Å². The standard InChI is InChI=1S/C21H12F5N3O2/c1-2-31-20(30)12-5-6-28-16(9-12)17-8-11(10-27)7-15(29-17)13-3-4-14(22)18(19(13)23)21(24,25)26/h3-9H,2H2,1H3. The molecule has 0 atom stereocenters. The Morgan fingerprint density at radius 1 is 1.10 bits per heavy atom. The van der Waals surface area contributed by atoms with Crippen molar-refractivity contribution in [1.82, 2.24) is 9.97 Å². The van der Waals surface area contributed by atoms with E-state index in [-0.39, 0.29) is 34.8 Å². The molecule has 0 aliphatic rings. The Morgan fingerprint density at radius 3 is 2.45 bits per heavy atom. The van der Waals surface area contributed by atoms with Crippen LogP contribution in [0.2, 0.25) is 0 Å². The smallest absolute Gasteiger partial charge is 0.422 e. The summed E-state index contributed by atoms with van der Waals surface area (Å²) >= 11 is 0. The first kappa shape index (κ1) is 21.8. The van der Waals surface area contributed by atoms with Crippen LogP contribution in [0.15, 0.2) is 42.6 Å². The summed E-state index contributed by atoms with van der Waals surface area (Å²) in [5, 5.41) is 9.28. The predicted octanol–water partition coefficient (Wildman–Crippen LogP) is 5.16. The highest BCUT2D eigenvalue weighted by molar-refractivity contribution is 5.90. The van der Waals surface area contributed by atoms with Gasteiger partial charge in [0.1, 0.15) is 17.2 Å². The SMILES string of the molecule is CCOC(=O)c1ccnc(-c2cc(C#N)cc(-c3ccc(F)c(C(F)(F)F)c3F)n2)c1. The fourth-order valence-electron chi connectivity index (χ4n) is 2.79. The van der Waals surface area contributed by atoms with Gasteiger partial charge in [0.15, 0.2) is 0 Å². The molecule has 31 heavy (non-hydrogen) atoms. The molecular weight excluding hydrogens is 421 g/mol. The number of nitriles is 1. The average Bonchev–Trinajstić information content (AvgIpc) is 2.72. The van der Waals surface area contributed by atoms with Gasteiger partial charge in [-0.05, 0) is 43.3 Å². The maximum atomic E-state index is 14.6. The first-order valence-corrected chi connectivity index (χ1v) is 8.77. The molecule has 3 aromatic rings. The van der Waals surface area contributed by atoms with Gasteiger partial charge in [-0.1, -0.05) is 0 Å². The van der Waals surface area contributed by atoms with E-state index < -0.39 is 34.9 Å². The Balaban J connectivity index is 2.18. The van der Waals surface area contributed by atoms with Crippen molar-refractivity contribution in [3.8, 4) is 28.7 Å². The number of aromatic nitrogens is 2. The number of hydrogen-bond donors (Lipinski definition) is 0. The maximum Gasteiger partial charge on any atom is 0.422 e. The number of rotatable bonds is 4. The fraction of sp³-hybridized carbons (Fsp3) is 0.143. The monoisotopic (exact) mass is 433 g/mol. The molecule has 0 aliphatic carbocycles. The van der Waals surface area contributed by atoms with Gasteiger partial charge in [0.2, 0.25) is 0 Å². The number of halogens is 5. The van der Waals surface area contributed by atoms with E-state index in [0.717, 1.165) is 12.1 Å². The van der Waals surface area contributed by atoms with Crippen LogP contribution >= 0.6 is 0 Å². The zero-order chi connectivity index (χ0) is 22.8. The summed E-state index contributed by atoms with van der Waals surface area (Å²) in [4.78, 5) is 20.1. The van der Waals surface area contributed by atoms with Gasteiger partial charge in [-0.25, -0.2) is 18.6 Å². The van der Waals surface area contributed by atoms with Crippen molar-refractivity contribution in [3.63, 3.8) is 0 Å². The van der Waals surface area contributed by atoms with Crippen LogP contribution < -0.4 is 0 Å². The molecule has 1 aromatic carbocycles. The molecule has 0 fully saturated rings. The minimum absolute atomic E-state index is 0.00233. The van der Waals surface area contributed by atoms with Crippen LogP contribution in [-0.4, -0.2) is 22.5 Å². The van der Waals surface area contributed by atoms with Gasteiger partial charge in [0.05, 0.1) is 40.9 Å². The average molecular weight is 433 g/mol. The first-order chi connectivity index (χ1) is 14.7. The Kier molecular flexibility index (Phi) is 5.97. The largest absolute Gasteiger partial charge is 0.462 e. The number of benzene rings is 1. The lowest BCUT2D eigenvalue weighted by Gasteiger charge is -2.13. The highest BCUT2D eigenvalue weighted by atomic mass is 19.4. The van der Waals surface area contributed by atoms with E-state index >= 15 is 0 Å². The van der Waals surface area contributed by atoms with Crippen LogP contribution in [0.3, 0.4) is 0 Å². The van der Waals surface area contributed by atoms with Gasteiger partial charge in [-0.2, -0.15) is 18.4 Å². The molecule has 0 bridgehead atoms. The zero-order valence-corrected chi connectivity index (χ0v) is 15.8. The third kappa shape index (κ3) is 4.50. The molecule has 2 heterocycles. The number of alkyl halides is 3. The second-order valence-electron chi connectivity index (χ2n) is 6.17. The third-order valence-corrected chi connectivity index (χ3v) is 4.14. The van der Waals surface area contributed by atoms with Gasteiger partial charge in [0.25, 0.3) is 0 Å². The van der Waals surface area contributed by atoms with Crippen molar-refractivity contribution in [3.05, 3.63) is 70.9 Å². The molecule has 0 amide bonds. The van der Waals surface area contributed by atoms with Gasteiger partial charge in [-0.3, -0.25) is 4.98 Å². The maximum absolute atomic E-state index is 14.6. The molecule has 5 nitrogen and oxygen atoms in total. The van der Waals surface area contributed by atoms with E-state index in [1.165, 1.54) is 24.4 Å². The molecule has 10 heteroatoms. The summed E-state index contributed by atoms with van der Waals surface area (Å²) in [5.74, 6) is -4.26. The molecular formula is C21H12F5N3O2. The fourth-order valence-corrected chi connectivity index (χ4v) is 2.79. The predicted molar refractivity (Wildman–Crippen MR) is 98.5 cm³/mol. The van der Waals surface area contributed by atoms with Crippen molar-refractivity contribution in [2.24, 2.45) is 0 Å². The summed E-state index contributed by atoms with van der Waals surface area (Å²) in [5.41, 5.74) is -2.86. The second kappa shape index (κ2) is 8.47. The Bertz CT molecular complexity index is 1200. The molecule has 0 radical (unpaired) electrons. The van der Waals surface area contributed by atoms with Crippen LogP contribution in [0, 0.1) is 23.0 Å². The van der Waals surface area contributed by atoms with Gasteiger partial charge < -0.3 is 4.74 Å². The van der Waals surface area contributed by atoms with Gasteiger partial charge in [-0.15, -0.1) is 0 Å². The second-order valence-corrected chi connectivity index (χ2v) is 6.17. The van der Waals surface area contributed by atoms with Crippen molar-refractivity contribution >= 4 is 5.97 Å². The van der Waals surface area contributed by atoms with Crippen LogP contribution in [0.4, 0.5) is 22.0 Å². The van der Waals surface area contributed by atoms with Crippen LogP contribution in [0.1, 0.15) is 28.4 Å². The summed E-state index contributed by atoms with van der Waals surface area (Å²) in [6.45, 7) is 1.75. The molecule has 0 saturated carbocycles. The zero-order valence-electron chi connectivity index (χ0n) is 15.8. The highest BCUT2D eigenvalue weighted by Crippen LogP contribution is 2.37. The molecule has 0 aliphatic heterocycles. The van der Waals surface area contributed by atoms with Gasteiger partial charge >= 0.3 is 12.1 Å². The lowest BCUT2D eigenvalue weighted by atomic mass is 10.0. The number of nitrogens with zero attached hydrogens (tertiary/aromatic N) is 3. The summed E-state index contributed by atoms with van der Waals surface area (Å²) in [6.07, 6.45) is -3.99. The lowest BCUT2D eigenvalue weighted by molar-refractivity contribution is -0.142. The number of ether oxygens (including phenoxy) is 1.